The third-order valence-electron chi connectivity index (χ3n) is 3.14. The van der Waals surface area contributed by atoms with Crippen molar-refractivity contribution < 1.29 is 0 Å². The summed E-state index contributed by atoms with van der Waals surface area (Å²) >= 11 is 0. The molecular weight excluding hydrogens is 192 g/mol. The molecule has 2 rings (SSSR count). The molecule has 0 radical (unpaired) electrons. The second kappa shape index (κ2) is 4.29. The molecular formula is C16H20. The fourth-order valence-corrected chi connectivity index (χ4v) is 2.03. The summed E-state index contributed by atoms with van der Waals surface area (Å²) in [5.41, 5.74) is 4.49. The van der Waals surface area contributed by atoms with Crippen molar-refractivity contribution in [3.63, 3.8) is 0 Å². The second-order valence-electron chi connectivity index (χ2n) is 5.49. The van der Waals surface area contributed by atoms with E-state index in [-0.39, 0.29) is 5.41 Å². The van der Waals surface area contributed by atoms with Gasteiger partial charge in [-0.1, -0.05) is 63.3 Å². The Hall–Kier alpha value is -1.30. The van der Waals surface area contributed by atoms with Gasteiger partial charge >= 0.3 is 0 Å². The van der Waals surface area contributed by atoms with Gasteiger partial charge in [0.05, 0.1) is 0 Å². The van der Waals surface area contributed by atoms with Crippen LogP contribution in [0.2, 0.25) is 0 Å². The van der Waals surface area contributed by atoms with E-state index in [9.17, 15) is 0 Å². The minimum atomic E-state index is 0.249. The van der Waals surface area contributed by atoms with Crippen LogP contribution in [0.3, 0.4) is 0 Å². The molecule has 0 saturated carbocycles. The van der Waals surface area contributed by atoms with Crippen LogP contribution in [0, 0.1) is 0 Å². The highest BCUT2D eigenvalue weighted by Crippen LogP contribution is 2.27. The number of rotatable bonds is 1. The van der Waals surface area contributed by atoms with Crippen LogP contribution in [-0.2, 0) is 5.41 Å². The van der Waals surface area contributed by atoms with E-state index in [1.54, 1.807) is 0 Å². The van der Waals surface area contributed by atoms with Crippen molar-refractivity contribution in [1.29, 1.82) is 0 Å². The van der Waals surface area contributed by atoms with Crippen LogP contribution < -0.4 is 0 Å². The molecule has 1 aromatic carbocycles. The predicted molar refractivity (Wildman–Crippen MR) is 71.5 cm³/mol. The molecule has 0 amide bonds. The summed E-state index contributed by atoms with van der Waals surface area (Å²) in [5.74, 6) is 0. The monoisotopic (exact) mass is 212 g/mol. The van der Waals surface area contributed by atoms with Gasteiger partial charge in [-0.2, -0.15) is 0 Å². The van der Waals surface area contributed by atoms with Crippen LogP contribution in [0.5, 0.6) is 0 Å². The Kier molecular flexibility index (Phi) is 3.00. The first-order chi connectivity index (χ1) is 7.57. The van der Waals surface area contributed by atoms with Crippen LogP contribution in [0.25, 0.3) is 5.57 Å². The highest BCUT2D eigenvalue weighted by molar-refractivity contribution is 5.68. The molecule has 0 atom stereocenters. The van der Waals surface area contributed by atoms with Gasteiger partial charge in [0.25, 0.3) is 0 Å². The zero-order chi connectivity index (χ0) is 11.6. The highest BCUT2D eigenvalue weighted by Gasteiger charge is 2.13. The summed E-state index contributed by atoms with van der Waals surface area (Å²) in [5, 5.41) is 0. The Balaban J connectivity index is 2.26. The van der Waals surface area contributed by atoms with Gasteiger partial charge in [-0.05, 0) is 35.0 Å². The molecule has 0 aromatic heterocycles. The van der Waals surface area contributed by atoms with Gasteiger partial charge in [0, 0.05) is 0 Å². The van der Waals surface area contributed by atoms with E-state index in [1.165, 1.54) is 29.5 Å². The fourth-order valence-electron chi connectivity index (χ4n) is 2.03. The van der Waals surface area contributed by atoms with E-state index >= 15 is 0 Å². The van der Waals surface area contributed by atoms with Crippen molar-refractivity contribution in [2.24, 2.45) is 0 Å². The van der Waals surface area contributed by atoms with Gasteiger partial charge in [0.1, 0.15) is 0 Å². The van der Waals surface area contributed by atoms with E-state index in [0.29, 0.717) is 0 Å². The van der Waals surface area contributed by atoms with Crippen LogP contribution in [0.1, 0.15) is 44.7 Å². The smallest absolute Gasteiger partial charge is 0.0132 e. The Morgan fingerprint density at radius 1 is 1.00 bits per heavy atom. The SMILES string of the molecule is CC(C)(C)c1ccc(C2=CC=CCC2)cc1. The standard InChI is InChI=1S/C16H20/c1-16(2,3)15-11-9-14(10-12-15)13-7-5-4-6-8-13/h4-5,7,9-12H,6,8H2,1-3H3. The first kappa shape index (κ1) is 11.2. The van der Waals surface area contributed by atoms with Crippen molar-refractivity contribution in [1.82, 2.24) is 0 Å². The van der Waals surface area contributed by atoms with E-state index in [1.807, 2.05) is 0 Å². The molecule has 16 heavy (non-hydrogen) atoms. The zero-order valence-corrected chi connectivity index (χ0v) is 10.5. The molecule has 0 fully saturated rings. The molecule has 0 aliphatic heterocycles. The normalized spacial score (nSPS) is 16.1. The summed E-state index contributed by atoms with van der Waals surface area (Å²) in [6, 6.07) is 9.03. The first-order valence-corrected chi connectivity index (χ1v) is 6.04. The predicted octanol–water partition coefficient (Wildman–Crippen LogP) is 4.72. The molecule has 0 spiro atoms. The largest absolute Gasteiger partial charge is 0.0842 e. The molecule has 1 aliphatic rings. The molecule has 0 nitrogen and oxygen atoms in total. The van der Waals surface area contributed by atoms with Gasteiger partial charge in [-0.15, -0.1) is 0 Å². The fraction of sp³-hybridized carbons (Fsp3) is 0.375. The summed E-state index contributed by atoms with van der Waals surface area (Å²) in [6.45, 7) is 6.76. The topological polar surface area (TPSA) is 0 Å². The lowest BCUT2D eigenvalue weighted by Gasteiger charge is -2.19. The van der Waals surface area contributed by atoms with Crippen LogP contribution in [0.15, 0.2) is 42.5 Å². The molecule has 0 unspecified atom stereocenters. The molecule has 1 aliphatic carbocycles. The Bertz CT molecular complexity index is 410. The summed E-state index contributed by atoms with van der Waals surface area (Å²) in [4.78, 5) is 0. The third-order valence-corrected chi connectivity index (χ3v) is 3.14. The minimum Gasteiger partial charge on any atom is -0.0842 e. The number of hydrogen-bond donors (Lipinski definition) is 0. The van der Waals surface area contributed by atoms with E-state index in [4.69, 9.17) is 0 Å². The lowest BCUT2D eigenvalue weighted by atomic mass is 9.85. The molecule has 0 saturated heterocycles. The molecule has 0 heteroatoms. The second-order valence-corrected chi connectivity index (χ2v) is 5.49. The number of allylic oxidation sites excluding steroid dienone is 4. The number of benzene rings is 1. The van der Waals surface area contributed by atoms with Gasteiger partial charge in [-0.25, -0.2) is 0 Å². The van der Waals surface area contributed by atoms with Crippen molar-refractivity contribution >= 4 is 5.57 Å². The molecule has 0 heterocycles. The Labute approximate surface area is 98.7 Å². The maximum absolute atomic E-state index is 2.26. The minimum absolute atomic E-state index is 0.249. The van der Waals surface area contributed by atoms with Crippen molar-refractivity contribution in [3.05, 3.63) is 53.6 Å². The zero-order valence-electron chi connectivity index (χ0n) is 10.5. The maximum atomic E-state index is 2.26. The number of hydrogen-bond acceptors (Lipinski definition) is 0. The van der Waals surface area contributed by atoms with Gasteiger partial charge in [-0.3, -0.25) is 0 Å². The third kappa shape index (κ3) is 2.44. The van der Waals surface area contributed by atoms with Crippen molar-refractivity contribution in [2.75, 3.05) is 0 Å². The first-order valence-electron chi connectivity index (χ1n) is 6.04. The van der Waals surface area contributed by atoms with Crippen molar-refractivity contribution in [2.45, 2.75) is 39.0 Å². The lowest BCUT2D eigenvalue weighted by Crippen LogP contribution is -2.10. The summed E-state index contributed by atoms with van der Waals surface area (Å²) in [7, 11) is 0. The summed E-state index contributed by atoms with van der Waals surface area (Å²) < 4.78 is 0. The molecule has 1 aromatic rings. The Morgan fingerprint density at radius 3 is 2.19 bits per heavy atom. The van der Waals surface area contributed by atoms with Gasteiger partial charge in [0.15, 0.2) is 0 Å². The average Bonchev–Trinajstić information content (AvgIpc) is 2.29. The highest BCUT2D eigenvalue weighted by atomic mass is 14.2. The summed E-state index contributed by atoms with van der Waals surface area (Å²) in [6.07, 6.45) is 8.97. The van der Waals surface area contributed by atoms with Crippen LogP contribution in [0.4, 0.5) is 0 Å². The van der Waals surface area contributed by atoms with Gasteiger partial charge in [0.2, 0.25) is 0 Å². The maximum Gasteiger partial charge on any atom is -0.0132 e. The Morgan fingerprint density at radius 2 is 1.69 bits per heavy atom. The quantitative estimate of drug-likeness (QED) is 0.632. The molecule has 84 valence electrons. The van der Waals surface area contributed by atoms with Crippen molar-refractivity contribution in [3.8, 4) is 0 Å². The van der Waals surface area contributed by atoms with Crippen LogP contribution >= 0.6 is 0 Å². The van der Waals surface area contributed by atoms with E-state index in [0.717, 1.165) is 0 Å². The molecule has 0 bridgehead atoms. The van der Waals surface area contributed by atoms with E-state index < -0.39 is 0 Å². The lowest BCUT2D eigenvalue weighted by molar-refractivity contribution is 0.590. The van der Waals surface area contributed by atoms with E-state index in [2.05, 4.69) is 63.3 Å². The van der Waals surface area contributed by atoms with Crippen LogP contribution in [-0.4, -0.2) is 0 Å². The average molecular weight is 212 g/mol. The van der Waals surface area contributed by atoms with Gasteiger partial charge < -0.3 is 0 Å². The molecule has 0 N–H and O–H groups in total.